The maximum atomic E-state index is 13.6. The molecule has 1 aliphatic heterocycles. The number of nitrogens with zero attached hydrogens (tertiary/aromatic N) is 3. The fourth-order valence-electron chi connectivity index (χ4n) is 4.17. The van der Waals surface area contributed by atoms with Crippen molar-refractivity contribution >= 4 is 33.2 Å². The lowest BCUT2D eigenvalue weighted by Gasteiger charge is -2.37. The molecule has 3 aromatic rings. The van der Waals surface area contributed by atoms with Gasteiger partial charge in [0.05, 0.1) is 18.0 Å². The normalized spacial score (nSPS) is 14.2. The summed E-state index contributed by atoms with van der Waals surface area (Å²) < 4.78 is 33.9. The van der Waals surface area contributed by atoms with Crippen molar-refractivity contribution < 1.29 is 17.9 Å². The molecule has 0 spiro atoms. The van der Waals surface area contributed by atoms with Gasteiger partial charge in [0.15, 0.2) is 0 Å². The molecule has 0 aromatic heterocycles. The molecule has 0 N–H and O–H groups in total. The average Bonchev–Trinajstić information content (AvgIpc) is 2.89. The van der Waals surface area contributed by atoms with Crippen molar-refractivity contribution in [1.82, 2.24) is 9.21 Å². The quantitative estimate of drug-likeness (QED) is 0.415. The highest BCUT2D eigenvalue weighted by Gasteiger charge is 2.30. The third-order valence-corrected chi connectivity index (χ3v) is 8.13. The van der Waals surface area contributed by atoms with Crippen LogP contribution >= 0.6 is 11.6 Å². The van der Waals surface area contributed by atoms with Gasteiger partial charge < -0.3 is 14.5 Å². The lowest BCUT2D eigenvalue weighted by atomic mass is 10.2. The molecule has 36 heavy (non-hydrogen) atoms. The molecule has 190 valence electrons. The Morgan fingerprint density at radius 1 is 0.944 bits per heavy atom. The average molecular weight is 528 g/mol. The molecule has 0 radical (unpaired) electrons. The summed E-state index contributed by atoms with van der Waals surface area (Å²) in [6.07, 6.45) is 0. The second-order valence-electron chi connectivity index (χ2n) is 8.51. The van der Waals surface area contributed by atoms with E-state index in [1.54, 1.807) is 17.0 Å². The molecule has 0 aliphatic carbocycles. The zero-order valence-electron chi connectivity index (χ0n) is 20.2. The number of halogens is 1. The summed E-state index contributed by atoms with van der Waals surface area (Å²) in [6.45, 7) is 4.54. The Labute approximate surface area is 217 Å². The van der Waals surface area contributed by atoms with Gasteiger partial charge in [-0.1, -0.05) is 48.0 Å². The fourth-order valence-corrected chi connectivity index (χ4v) is 5.74. The third kappa shape index (κ3) is 6.37. The van der Waals surface area contributed by atoms with Crippen LogP contribution in [0, 0.1) is 0 Å². The minimum absolute atomic E-state index is 0.102. The minimum Gasteiger partial charge on any atom is -0.494 e. The number of benzene rings is 3. The first-order valence-corrected chi connectivity index (χ1v) is 13.7. The van der Waals surface area contributed by atoms with E-state index in [1.165, 1.54) is 16.4 Å². The van der Waals surface area contributed by atoms with Crippen molar-refractivity contribution in [2.24, 2.45) is 0 Å². The van der Waals surface area contributed by atoms with E-state index in [9.17, 15) is 13.2 Å². The molecule has 1 aliphatic rings. The number of ether oxygens (including phenoxy) is 1. The molecule has 0 saturated carbocycles. The number of sulfonamides is 1. The summed E-state index contributed by atoms with van der Waals surface area (Å²) in [7, 11) is -3.92. The molecule has 1 amide bonds. The van der Waals surface area contributed by atoms with Crippen LogP contribution in [0.5, 0.6) is 5.75 Å². The van der Waals surface area contributed by atoms with E-state index in [-0.39, 0.29) is 23.9 Å². The largest absolute Gasteiger partial charge is 0.494 e. The van der Waals surface area contributed by atoms with Gasteiger partial charge in [0.2, 0.25) is 15.9 Å². The Kier molecular flexibility index (Phi) is 8.51. The van der Waals surface area contributed by atoms with Crippen LogP contribution in [0.4, 0.5) is 5.69 Å². The molecule has 1 fully saturated rings. The summed E-state index contributed by atoms with van der Waals surface area (Å²) in [5.41, 5.74) is 1.82. The molecule has 1 heterocycles. The summed E-state index contributed by atoms with van der Waals surface area (Å²) >= 11 is 6.12. The van der Waals surface area contributed by atoms with Gasteiger partial charge in [-0.05, 0) is 55.0 Å². The fraction of sp³-hybridized carbons (Fsp3) is 0.296. The van der Waals surface area contributed by atoms with Crippen LogP contribution in [-0.4, -0.2) is 62.9 Å². The van der Waals surface area contributed by atoms with Crippen molar-refractivity contribution in [1.29, 1.82) is 0 Å². The van der Waals surface area contributed by atoms with Crippen LogP contribution in [-0.2, 0) is 21.4 Å². The highest BCUT2D eigenvalue weighted by Crippen LogP contribution is 2.23. The first kappa shape index (κ1) is 26.0. The number of anilines is 1. The van der Waals surface area contributed by atoms with Gasteiger partial charge in [-0.2, -0.15) is 4.31 Å². The van der Waals surface area contributed by atoms with Gasteiger partial charge in [-0.25, -0.2) is 8.42 Å². The van der Waals surface area contributed by atoms with Gasteiger partial charge in [-0.3, -0.25) is 4.79 Å². The van der Waals surface area contributed by atoms with Gasteiger partial charge in [-0.15, -0.1) is 0 Å². The number of hydrogen-bond donors (Lipinski definition) is 0. The third-order valence-electron chi connectivity index (χ3n) is 6.09. The van der Waals surface area contributed by atoms with Crippen molar-refractivity contribution in [3.8, 4) is 5.75 Å². The molecule has 9 heteroatoms. The van der Waals surface area contributed by atoms with E-state index < -0.39 is 10.0 Å². The topological polar surface area (TPSA) is 70.2 Å². The molecule has 0 bridgehead atoms. The number of carbonyl (C=O) groups is 1. The standard InChI is InChI=1S/C27H30ClN3O4S/c1-2-35-25-11-13-26(14-12-25)36(33,34)31(20-22-7-4-3-5-8-22)21-27(32)30-17-15-29(16-18-30)24-10-6-9-23(28)19-24/h3-14,19H,2,15-18,20-21H2,1H3. The number of carbonyl (C=O) groups excluding carboxylic acids is 1. The van der Waals surface area contributed by atoms with E-state index in [0.717, 1.165) is 11.3 Å². The first-order valence-electron chi connectivity index (χ1n) is 11.9. The monoisotopic (exact) mass is 527 g/mol. The zero-order chi connectivity index (χ0) is 25.5. The van der Waals surface area contributed by atoms with Crippen LogP contribution in [0.2, 0.25) is 5.02 Å². The molecular formula is C27H30ClN3O4S. The summed E-state index contributed by atoms with van der Waals surface area (Å²) in [5, 5.41) is 0.669. The Hall–Kier alpha value is -3.07. The molecule has 7 nitrogen and oxygen atoms in total. The Morgan fingerprint density at radius 2 is 1.64 bits per heavy atom. The number of hydrogen-bond acceptors (Lipinski definition) is 5. The lowest BCUT2D eigenvalue weighted by Crippen LogP contribution is -2.51. The summed E-state index contributed by atoms with van der Waals surface area (Å²) in [6, 6.07) is 23.2. The summed E-state index contributed by atoms with van der Waals surface area (Å²) in [5.74, 6) is 0.380. The predicted octanol–water partition coefficient (Wildman–Crippen LogP) is 4.28. The predicted molar refractivity (Wildman–Crippen MR) is 142 cm³/mol. The number of amides is 1. The van der Waals surface area contributed by atoms with Gasteiger partial charge in [0.25, 0.3) is 0 Å². The van der Waals surface area contributed by atoms with E-state index in [0.29, 0.717) is 43.6 Å². The first-order chi connectivity index (χ1) is 17.4. The smallest absolute Gasteiger partial charge is 0.243 e. The molecule has 1 saturated heterocycles. The van der Waals surface area contributed by atoms with E-state index in [4.69, 9.17) is 16.3 Å². The van der Waals surface area contributed by atoms with E-state index >= 15 is 0 Å². The zero-order valence-corrected chi connectivity index (χ0v) is 21.8. The molecular weight excluding hydrogens is 498 g/mol. The van der Waals surface area contributed by atoms with Crippen LogP contribution in [0.25, 0.3) is 0 Å². The van der Waals surface area contributed by atoms with Gasteiger partial charge in [0, 0.05) is 43.4 Å². The van der Waals surface area contributed by atoms with Crippen LogP contribution in [0.15, 0.2) is 83.8 Å². The Morgan fingerprint density at radius 3 is 2.28 bits per heavy atom. The Balaban J connectivity index is 1.48. The summed E-state index contributed by atoms with van der Waals surface area (Å²) in [4.78, 5) is 17.3. The van der Waals surface area contributed by atoms with E-state index in [1.807, 2.05) is 61.5 Å². The Bertz CT molecular complexity index is 1260. The number of piperazine rings is 1. The minimum atomic E-state index is -3.92. The van der Waals surface area contributed by atoms with Crippen molar-refractivity contribution in [2.75, 3.05) is 44.2 Å². The molecule has 0 unspecified atom stereocenters. The number of rotatable bonds is 9. The SMILES string of the molecule is CCOc1ccc(S(=O)(=O)N(CC(=O)N2CCN(c3cccc(Cl)c3)CC2)Cc2ccccc2)cc1. The van der Waals surface area contributed by atoms with Crippen LogP contribution < -0.4 is 9.64 Å². The van der Waals surface area contributed by atoms with Crippen LogP contribution in [0.1, 0.15) is 12.5 Å². The second kappa shape index (κ2) is 11.8. The van der Waals surface area contributed by atoms with Crippen molar-refractivity contribution in [3.05, 3.63) is 89.4 Å². The molecule has 4 rings (SSSR count). The molecule has 0 atom stereocenters. The second-order valence-corrected chi connectivity index (χ2v) is 10.9. The lowest BCUT2D eigenvalue weighted by molar-refractivity contribution is -0.131. The van der Waals surface area contributed by atoms with Gasteiger partial charge >= 0.3 is 0 Å². The maximum Gasteiger partial charge on any atom is 0.243 e. The molecule has 3 aromatic carbocycles. The van der Waals surface area contributed by atoms with Crippen molar-refractivity contribution in [3.63, 3.8) is 0 Å². The highest BCUT2D eigenvalue weighted by atomic mass is 35.5. The van der Waals surface area contributed by atoms with Crippen LogP contribution in [0.3, 0.4) is 0 Å². The van der Waals surface area contributed by atoms with Gasteiger partial charge in [0.1, 0.15) is 5.75 Å². The maximum absolute atomic E-state index is 13.6. The highest BCUT2D eigenvalue weighted by molar-refractivity contribution is 7.89. The van der Waals surface area contributed by atoms with Crippen molar-refractivity contribution in [2.45, 2.75) is 18.4 Å². The van der Waals surface area contributed by atoms with E-state index in [2.05, 4.69) is 4.90 Å².